The Morgan fingerprint density at radius 2 is 0.867 bits per heavy atom. The van der Waals surface area contributed by atoms with Crippen LogP contribution in [0.2, 0.25) is 0 Å². The number of amides is 1. The molecular weight excluding hydrogens is 1010 g/mol. The van der Waals surface area contributed by atoms with E-state index in [4.69, 9.17) is 72.7 Å². The summed E-state index contributed by atoms with van der Waals surface area (Å²) in [7, 11) is 8.26. The van der Waals surface area contributed by atoms with Crippen molar-refractivity contribution in [3.05, 3.63) is 125 Å². The first-order chi connectivity index (χ1) is 35.5. The molecule has 0 saturated heterocycles. The summed E-state index contributed by atoms with van der Waals surface area (Å²) in [5, 5.41) is 26.9. The maximum absolute atomic E-state index is 12.4. The molecule has 5 rings (SSSR count). The van der Waals surface area contributed by atoms with Crippen LogP contribution in [0.15, 0.2) is 97.1 Å². The van der Waals surface area contributed by atoms with Gasteiger partial charge in [0.05, 0.1) is 76.1 Å². The molecule has 0 unspecified atom stereocenters. The predicted octanol–water partition coefficient (Wildman–Crippen LogP) is 5.56. The van der Waals surface area contributed by atoms with Crippen molar-refractivity contribution in [1.82, 2.24) is 0 Å². The fourth-order valence-electron chi connectivity index (χ4n) is 6.25. The van der Waals surface area contributed by atoms with Crippen LogP contribution in [0.5, 0.6) is 34.5 Å². The Balaban J connectivity index is 0.000000994. The number of carbonyl (C=O) groups excluding carboxylic acids is 3. The number of hydrogen-bond donors (Lipinski definition) is 8. The molecule has 5 aromatic rings. The average molecular weight is 1070 g/mol. The molecule has 0 heterocycles. The Morgan fingerprint density at radius 1 is 0.493 bits per heavy atom. The molecule has 0 aliphatic carbocycles. The number of hydrogen-bond acceptors (Lipinski definition) is 18. The summed E-state index contributed by atoms with van der Waals surface area (Å²) in [6, 6.07) is 28.3. The molecule has 23 nitrogen and oxygen atoms in total. The quantitative estimate of drug-likeness (QED) is 0.0285. The van der Waals surface area contributed by atoms with Gasteiger partial charge in [-0.2, -0.15) is 8.42 Å². The molecule has 1 amide bonds. The summed E-state index contributed by atoms with van der Waals surface area (Å²) in [4.78, 5) is 55.4. The Kier molecular flexibility index (Phi) is 32.5. The average Bonchev–Trinajstić information content (AvgIpc) is 3.37. The monoisotopic (exact) mass is 1070 g/mol. The van der Waals surface area contributed by atoms with Gasteiger partial charge in [-0.25, -0.2) is 0 Å². The number of benzene rings is 5. The van der Waals surface area contributed by atoms with E-state index in [1.54, 1.807) is 93.1 Å². The maximum atomic E-state index is 12.4. The van der Waals surface area contributed by atoms with Crippen LogP contribution >= 0.6 is 0 Å². The highest BCUT2D eigenvalue weighted by molar-refractivity contribution is 7.79. The van der Waals surface area contributed by atoms with E-state index in [2.05, 4.69) is 14.8 Å². The highest BCUT2D eigenvalue weighted by atomic mass is 32.3. The van der Waals surface area contributed by atoms with Crippen molar-refractivity contribution in [3.63, 3.8) is 0 Å². The molecule has 0 aromatic heterocycles. The summed E-state index contributed by atoms with van der Waals surface area (Å²) >= 11 is 0. The summed E-state index contributed by atoms with van der Waals surface area (Å²) < 4.78 is 72.4. The van der Waals surface area contributed by atoms with Crippen LogP contribution in [0.25, 0.3) is 0 Å². The number of aliphatic hydroxyl groups is 1. The minimum atomic E-state index is -4.67. The van der Waals surface area contributed by atoms with Crippen molar-refractivity contribution >= 4 is 57.2 Å². The number of nitrogen functional groups attached to an aromatic ring is 2. The lowest BCUT2D eigenvalue weighted by Crippen LogP contribution is -2.13. The second kappa shape index (κ2) is 36.6. The normalized spacial score (nSPS) is 9.76. The fourth-order valence-corrected chi connectivity index (χ4v) is 6.25. The van der Waals surface area contributed by atoms with Gasteiger partial charge < -0.3 is 70.0 Å². The minimum absolute atomic E-state index is 0.0328. The highest BCUT2D eigenvalue weighted by Crippen LogP contribution is 2.41. The zero-order valence-corrected chi connectivity index (χ0v) is 43.9. The number of methoxy groups -OCH3 is 8. The molecule has 10 N–H and O–H groups in total. The van der Waals surface area contributed by atoms with Crippen molar-refractivity contribution in [2.45, 2.75) is 44.9 Å². The van der Waals surface area contributed by atoms with E-state index in [0.29, 0.717) is 64.4 Å². The molecule has 0 saturated carbocycles. The molecule has 0 fully saturated rings. The van der Waals surface area contributed by atoms with Crippen molar-refractivity contribution in [2.24, 2.45) is 0 Å². The van der Waals surface area contributed by atoms with Gasteiger partial charge in [0.1, 0.15) is 0 Å². The van der Waals surface area contributed by atoms with E-state index in [1.807, 2.05) is 18.2 Å². The van der Waals surface area contributed by atoms with E-state index in [1.165, 1.54) is 42.7 Å². The number of aliphatic hydroxyl groups excluding tert-OH is 1. The zero-order valence-electron chi connectivity index (χ0n) is 43.1. The molecule has 0 bridgehead atoms. The van der Waals surface area contributed by atoms with Gasteiger partial charge in [0.15, 0.2) is 23.0 Å². The number of nitrogens with two attached hydrogens (primary N) is 2. The lowest BCUT2D eigenvalue weighted by molar-refractivity contribution is -0.140. The van der Waals surface area contributed by atoms with Crippen LogP contribution in [-0.4, -0.2) is 127 Å². The first kappa shape index (κ1) is 66.7. The van der Waals surface area contributed by atoms with E-state index in [9.17, 15) is 24.0 Å². The third-order valence-corrected chi connectivity index (χ3v) is 9.42. The fraction of sp³-hybridized carbons (Fsp3) is 0.314. The summed E-state index contributed by atoms with van der Waals surface area (Å²) in [6.45, 7) is 0. The Labute approximate surface area is 435 Å². The van der Waals surface area contributed by atoms with Gasteiger partial charge in [0.25, 0.3) is 0 Å². The van der Waals surface area contributed by atoms with Gasteiger partial charge in [0, 0.05) is 37.0 Å². The van der Waals surface area contributed by atoms with E-state index in [0.717, 1.165) is 34.9 Å². The molecule has 0 radical (unpaired) electrons. The number of carboxylic acid groups (broad SMARTS) is 2. The van der Waals surface area contributed by atoms with Crippen LogP contribution in [-0.2, 0) is 75.9 Å². The standard InChI is InChI=1S/C21H25NO6.C12H16O5.C9H11NO2.C8H9NO2.CH4O.H2O4S/c1-25-17-10-8-15(20(27-3)21(17)28-4)9-11-18(23)22-16-7-5-6-14(12-16)13-19(24)26-2;1-15-9-6-4-8(5-7-10(13)14)11(16-2)12(9)17-3;1-12-9(11)6-7-3-2-4-8(10)5-7;9-7-3-1-2-6(4-7)5-8(10)11;1-2;1-5(2,3)4/h5-8,10,12H,9,11,13H2,1-4H3,(H,22,23);4,6H,5,7H2,1-3H3,(H,13,14);2-5H,6,10H2,1H3;1-4H,5,9H2,(H,10,11);2H,1H3;(H2,1,2,3,4). The van der Waals surface area contributed by atoms with Gasteiger partial charge in [0.2, 0.25) is 17.4 Å². The van der Waals surface area contributed by atoms with E-state index < -0.39 is 22.3 Å². The van der Waals surface area contributed by atoms with Gasteiger partial charge in [-0.15, -0.1) is 0 Å². The van der Waals surface area contributed by atoms with Gasteiger partial charge in [-0.3, -0.25) is 33.1 Å². The van der Waals surface area contributed by atoms with Crippen LogP contribution in [0.3, 0.4) is 0 Å². The second-order valence-corrected chi connectivity index (χ2v) is 15.5. The minimum Gasteiger partial charge on any atom is -0.493 e. The third kappa shape index (κ3) is 27.9. The Morgan fingerprint density at radius 3 is 1.21 bits per heavy atom. The van der Waals surface area contributed by atoms with Gasteiger partial charge in [-0.1, -0.05) is 48.5 Å². The number of aliphatic carboxylic acids is 2. The first-order valence-electron chi connectivity index (χ1n) is 21.9. The number of rotatable bonds is 19. The molecule has 24 heteroatoms. The molecule has 412 valence electrons. The number of anilines is 3. The van der Waals surface area contributed by atoms with Gasteiger partial charge >= 0.3 is 34.3 Å². The number of ether oxygens (including phenoxy) is 8. The Hall–Kier alpha value is -8.32. The van der Waals surface area contributed by atoms with Crippen LogP contribution in [0.1, 0.15) is 40.7 Å². The lowest BCUT2D eigenvalue weighted by Gasteiger charge is -2.15. The molecule has 0 atom stereocenters. The zero-order chi connectivity index (χ0) is 57.1. The molecule has 0 spiro atoms. The number of esters is 2. The first-order valence-corrected chi connectivity index (χ1v) is 23.3. The highest BCUT2D eigenvalue weighted by Gasteiger charge is 2.18. The lowest BCUT2D eigenvalue weighted by atomic mass is 10.1. The van der Waals surface area contributed by atoms with Crippen molar-refractivity contribution < 1.29 is 94.7 Å². The second-order valence-electron chi connectivity index (χ2n) is 14.6. The molecule has 0 aliphatic rings. The van der Waals surface area contributed by atoms with Crippen molar-refractivity contribution in [3.8, 4) is 34.5 Å². The number of carbonyl (C=O) groups is 5. The molecule has 75 heavy (non-hydrogen) atoms. The summed E-state index contributed by atoms with van der Waals surface area (Å²) in [5.74, 6) is 0.770. The SMILES string of the molecule is CO.COC(=O)Cc1cccc(N)c1.COC(=O)Cc1cccc(NC(=O)CCc2ccc(OC)c(OC)c2OC)c1.COc1ccc(CCC(=O)O)c(OC)c1OC.Nc1cccc(CC(=O)O)c1.O=S(=O)(O)O. The molecular formula is C51H67N3O20S. The van der Waals surface area contributed by atoms with Crippen molar-refractivity contribution in [2.75, 3.05) is 80.8 Å². The van der Waals surface area contributed by atoms with Crippen LogP contribution < -0.4 is 45.2 Å². The molecule has 0 aliphatic heterocycles. The predicted molar refractivity (Wildman–Crippen MR) is 278 cm³/mol. The number of carboxylic acids is 2. The van der Waals surface area contributed by atoms with Gasteiger partial charge in [-0.05, 0) is 89.2 Å². The van der Waals surface area contributed by atoms with Crippen molar-refractivity contribution in [1.29, 1.82) is 0 Å². The smallest absolute Gasteiger partial charge is 0.394 e. The number of nitrogens with one attached hydrogen (secondary N) is 1. The van der Waals surface area contributed by atoms with Crippen LogP contribution in [0.4, 0.5) is 17.1 Å². The summed E-state index contributed by atoms with van der Waals surface area (Å²) in [6.07, 6.45) is 1.63. The number of aryl methyl sites for hydroxylation is 2. The Bertz CT molecular complexity index is 2670. The maximum Gasteiger partial charge on any atom is 0.394 e. The summed E-state index contributed by atoms with van der Waals surface area (Å²) in [5.41, 5.74) is 16.9. The third-order valence-electron chi connectivity index (χ3n) is 9.42. The van der Waals surface area contributed by atoms with E-state index >= 15 is 0 Å². The van der Waals surface area contributed by atoms with E-state index in [-0.39, 0.29) is 49.9 Å². The van der Waals surface area contributed by atoms with Crippen LogP contribution in [0, 0.1) is 0 Å². The molecule has 5 aromatic carbocycles. The topological polar surface area (TPSA) is 359 Å². The largest absolute Gasteiger partial charge is 0.493 e.